The Bertz CT molecular complexity index is 255. The van der Waals surface area contributed by atoms with Crippen LogP contribution in [0.4, 0.5) is 4.79 Å². The molecule has 1 aliphatic heterocycles. The Balaban J connectivity index is 2.57. The number of urea groups is 1. The molecule has 0 spiro atoms. The van der Waals surface area contributed by atoms with Crippen LogP contribution in [-0.2, 0) is 0 Å². The molecule has 0 saturated carbocycles. The first kappa shape index (κ1) is 14.3. The van der Waals surface area contributed by atoms with Gasteiger partial charge in [0.25, 0.3) is 0 Å². The number of carbonyl (C=O) groups excluding carboxylic acids is 1. The molecule has 1 atom stereocenters. The SMILES string of the molecule is CCN(C)C(=O)N1CCCC(N(C)C(C)C)C1. The van der Waals surface area contributed by atoms with Gasteiger partial charge in [0.2, 0.25) is 0 Å². The summed E-state index contributed by atoms with van der Waals surface area (Å²) in [4.78, 5) is 18.3. The first-order chi connectivity index (χ1) is 7.97. The number of hydrogen-bond donors (Lipinski definition) is 0. The zero-order chi connectivity index (χ0) is 13.0. The molecule has 17 heavy (non-hydrogen) atoms. The zero-order valence-electron chi connectivity index (χ0n) is 11.9. The first-order valence-electron chi connectivity index (χ1n) is 6.69. The quantitative estimate of drug-likeness (QED) is 0.754. The van der Waals surface area contributed by atoms with E-state index in [0.29, 0.717) is 12.1 Å². The molecule has 0 N–H and O–H groups in total. The van der Waals surface area contributed by atoms with E-state index in [9.17, 15) is 4.79 Å². The Morgan fingerprint density at radius 3 is 2.59 bits per heavy atom. The minimum absolute atomic E-state index is 0.175. The molecule has 0 aromatic carbocycles. The highest BCUT2D eigenvalue weighted by atomic mass is 16.2. The number of nitrogens with zero attached hydrogens (tertiary/aromatic N) is 3. The highest BCUT2D eigenvalue weighted by Gasteiger charge is 2.28. The molecule has 0 radical (unpaired) electrons. The number of likely N-dealkylation sites (N-methyl/N-ethyl adjacent to an activating group) is 1. The molecule has 2 amide bonds. The van der Waals surface area contributed by atoms with Crippen LogP contribution in [0.2, 0.25) is 0 Å². The molecule has 0 aliphatic carbocycles. The lowest BCUT2D eigenvalue weighted by atomic mass is 10.0. The average Bonchev–Trinajstić information content (AvgIpc) is 2.35. The zero-order valence-corrected chi connectivity index (χ0v) is 11.9. The van der Waals surface area contributed by atoms with Crippen molar-refractivity contribution in [1.82, 2.24) is 14.7 Å². The van der Waals surface area contributed by atoms with E-state index in [1.165, 1.54) is 6.42 Å². The van der Waals surface area contributed by atoms with E-state index in [0.717, 1.165) is 26.1 Å². The third-order valence-electron chi connectivity index (χ3n) is 3.86. The maximum atomic E-state index is 12.1. The van der Waals surface area contributed by atoms with Gasteiger partial charge in [0.1, 0.15) is 0 Å². The Morgan fingerprint density at radius 2 is 2.06 bits per heavy atom. The smallest absolute Gasteiger partial charge is 0.319 e. The fourth-order valence-corrected chi connectivity index (χ4v) is 2.26. The maximum absolute atomic E-state index is 12.1. The second-order valence-electron chi connectivity index (χ2n) is 5.30. The summed E-state index contributed by atoms with van der Waals surface area (Å²) in [6.07, 6.45) is 2.32. The van der Waals surface area contributed by atoms with Gasteiger partial charge in [-0.3, -0.25) is 4.90 Å². The van der Waals surface area contributed by atoms with Gasteiger partial charge in [-0.2, -0.15) is 0 Å². The number of amides is 2. The summed E-state index contributed by atoms with van der Waals surface area (Å²) in [5.74, 6) is 0. The topological polar surface area (TPSA) is 26.8 Å². The van der Waals surface area contributed by atoms with E-state index >= 15 is 0 Å². The number of rotatable bonds is 3. The standard InChI is InChI=1S/C13H27N3O/c1-6-14(4)13(17)16-9-7-8-12(10-16)15(5)11(2)3/h11-12H,6-10H2,1-5H3. The third kappa shape index (κ3) is 3.60. The summed E-state index contributed by atoms with van der Waals surface area (Å²) in [7, 11) is 4.03. The highest BCUT2D eigenvalue weighted by molar-refractivity contribution is 5.74. The van der Waals surface area contributed by atoms with Crippen LogP contribution >= 0.6 is 0 Å². The van der Waals surface area contributed by atoms with Crippen LogP contribution in [0, 0.1) is 0 Å². The lowest BCUT2D eigenvalue weighted by Crippen LogP contribution is -2.53. The van der Waals surface area contributed by atoms with Gasteiger partial charge in [-0.25, -0.2) is 4.79 Å². The fraction of sp³-hybridized carbons (Fsp3) is 0.923. The van der Waals surface area contributed by atoms with Crippen molar-refractivity contribution in [3.8, 4) is 0 Å². The van der Waals surface area contributed by atoms with E-state index < -0.39 is 0 Å². The number of hydrogen-bond acceptors (Lipinski definition) is 2. The van der Waals surface area contributed by atoms with Crippen molar-refractivity contribution in [2.75, 3.05) is 33.7 Å². The predicted octanol–water partition coefficient (Wildman–Crippen LogP) is 1.86. The van der Waals surface area contributed by atoms with E-state index in [-0.39, 0.29) is 6.03 Å². The van der Waals surface area contributed by atoms with Gasteiger partial charge in [0, 0.05) is 38.8 Å². The molecule has 1 saturated heterocycles. The molecule has 1 heterocycles. The van der Waals surface area contributed by atoms with Gasteiger partial charge in [-0.15, -0.1) is 0 Å². The summed E-state index contributed by atoms with van der Waals surface area (Å²) in [6.45, 7) is 8.99. The van der Waals surface area contributed by atoms with E-state index in [1.807, 2.05) is 18.9 Å². The molecular weight excluding hydrogens is 214 g/mol. The van der Waals surface area contributed by atoms with Crippen molar-refractivity contribution < 1.29 is 4.79 Å². The van der Waals surface area contributed by atoms with Crippen LogP contribution < -0.4 is 0 Å². The summed E-state index contributed by atoms with van der Waals surface area (Å²) in [5.41, 5.74) is 0. The third-order valence-corrected chi connectivity index (χ3v) is 3.86. The van der Waals surface area contributed by atoms with Crippen molar-refractivity contribution in [3.05, 3.63) is 0 Å². The predicted molar refractivity (Wildman–Crippen MR) is 71.2 cm³/mol. The lowest BCUT2D eigenvalue weighted by Gasteiger charge is -2.40. The molecule has 0 aromatic heterocycles. The van der Waals surface area contributed by atoms with Crippen LogP contribution in [0.25, 0.3) is 0 Å². The van der Waals surface area contributed by atoms with Gasteiger partial charge in [0.05, 0.1) is 0 Å². The number of likely N-dealkylation sites (tertiary alicyclic amines) is 1. The molecule has 0 bridgehead atoms. The largest absolute Gasteiger partial charge is 0.328 e. The first-order valence-corrected chi connectivity index (χ1v) is 6.69. The molecule has 1 aliphatic rings. The summed E-state index contributed by atoms with van der Waals surface area (Å²) >= 11 is 0. The number of piperidine rings is 1. The van der Waals surface area contributed by atoms with Crippen molar-refractivity contribution in [3.63, 3.8) is 0 Å². The molecule has 1 fully saturated rings. The molecule has 0 aromatic rings. The van der Waals surface area contributed by atoms with Crippen molar-refractivity contribution in [2.45, 2.75) is 45.7 Å². The molecule has 4 heteroatoms. The fourth-order valence-electron chi connectivity index (χ4n) is 2.26. The van der Waals surface area contributed by atoms with Gasteiger partial charge in [0.15, 0.2) is 0 Å². The molecular formula is C13H27N3O. The molecule has 1 rings (SSSR count). The monoisotopic (exact) mass is 241 g/mol. The maximum Gasteiger partial charge on any atom is 0.319 e. The van der Waals surface area contributed by atoms with Crippen LogP contribution in [0.5, 0.6) is 0 Å². The van der Waals surface area contributed by atoms with Crippen molar-refractivity contribution >= 4 is 6.03 Å². The molecule has 100 valence electrons. The van der Waals surface area contributed by atoms with E-state index in [4.69, 9.17) is 0 Å². The van der Waals surface area contributed by atoms with E-state index in [2.05, 4.69) is 25.8 Å². The van der Waals surface area contributed by atoms with Gasteiger partial charge in [-0.05, 0) is 40.7 Å². The molecule has 1 unspecified atom stereocenters. The van der Waals surface area contributed by atoms with Gasteiger partial charge >= 0.3 is 6.03 Å². The Kier molecular flexibility index (Phi) is 5.25. The highest BCUT2D eigenvalue weighted by Crippen LogP contribution is 2.17. The van der Waals surface area contributed by atoms with Crippen LogP contribution in [0.15, 0.2) is 0 Å². The summed E-state index contributed by atoms with van der Waals surface area (Å²) in [5, 5.41) is 0. The Morgan fingerprint density at radius 1 is 1.41 bits per heavy atom. The van der Waals surface area contributed by atoms with Crippen molar-refractivity contribution in [2.24, 2.45) is 0 Å². The van der Waals surface area contributed by atoms with Gasteiger partial charge < -0.3 is 9.80 Å². The second kappa shape index (κ2) is 6.24. The van der Waals surface area contributed by atoms with E-state index in [1.54, 1.807) is 4.90 Å². The average molecular weight is 241 g/mol. The second-order valence-corrected chi connectivity index (χ2v) is 5.30. The minimum atomic E-state index is 0.175. The van der Waals surface area contributed by atoms with Gasteiger partial charge in [-0.1, -0.05) is 0 Å². The van der Waals surface area contributed by atoms with Crippen LogP contribution in [0.1, 0.15) is 33.6 Å². The van der Waals surface area contributed by atoms with Crippen LogP contribution in [0.3, 0.4) is 0 Å². The number of carbonyl (C=O) groups is 1. The van der Waals surface area contributed by atoms with Crippen LogP contribution in [-0.4, -0.2) is 66.5 Å². The normalized spacial score (nSPS) is 21.1. The Labute approximate surface area is 106 Å². The lowest BCUT2D eigenvalue weighted by molar-refractivity contribution is 0.0953. The minimum Gasteiger partial charge on any atom is -0.328 e. The summed E-state index contributed by atoms with van der Waals surface area (Å²) in [6, 6.07) is 1.23. The molecule has 4 nitrogen and oxygen atoms in total. The summed E-state index contributed by atoms with van der Waals surface area (Å²) < 4.78 is 0. The Hall–Kier alpha value is -0.770. The van der Waals surface area contributed by atoms with Crippen molar-refractivity contribution in [1.29, 1.82) is 0 Å².